The Balaban J connectivity index is 2.71. The maximum Gasteiger partial charge on any atom is 0.343 e. The molecular formula is C13H14N2O4. The summed E-state index contributed by atoms with van der Waals surface area (Å²) in [6.45, 7) is 4.19. The Morgan fingerprint density at radius 2 is 2.11 bits per heavy atom. The number of carbonyl (C=O) groups is 1. The van der Waals surface area contributed by atoms with Gasteiger partial charge in [0.1, 0.15) is 11.1 Å². The first-order valence-electron chi connectivity index (χ1n) is 6.02. The maximum absolute atomic E-state index is 12.1. The number of aromatic nitrogens is 2. The third-order valence-corrected chi connectivity index (χ3v) is 2.85. The van der Waals surface area contributed by atoms with Gasteiger partial charge in [0.05, 0.1) is 12.0 Å². The number of hydrogen-bond acceptors (Lipinski definition) is 4. The summed E-state index contributed by atoms with van der Waals surface area (Å²) in [5, 5.41) is 0.195. The topological polar surface area (TPSA) is 81.2 Å². The predicted octanol–water partition coefficient (Wildman–Crippen LogP) is 0.886. The smallest absolute Gasteiger partial charge is 0.343 e. The van der Waals surface area contributed by atoms with Crippen molar-refractivity contribution in [3.05, 3.63) is 44.6 Å². The van der Waals surface area contributed by atoms with E-state index in [0.717, 1.165) is 0 Å². The summed E-state index contributed by atoms with van der Waals surface area (Å²) in [6, 6.07) is 1.53. The highest BCUT2D eigenvalue weighted by molar-refractivity contribution is 5.93. The average Bonchev–Trinajstić information content (AvgIpc) is 2.40. The highest BCUT2D eigenvalue weighted by Gasteiger charge is 2.15. The van der Waals surface area contributed by atoms with Crippen molar-refractivity contribution in [1.82, 2.24) is 9.55 Å². The minimum absolute atomic E-state index is 0.0944. The van der Waals surface area contributed by atoms with Crippen LogP contribution in [0.15, 0.2) is 28.0 Å². The number of rotatable bonds is 3. The van der Waals surface area contributed by atoms with Crippen molar-refractivity contribution in [2.24, 2.45) is 0 Å². The van der Waals surface area contributed by atoms with Crippen LogP contribution in [0.1, 0.15) is 24.2 Å². The van der Waals surface area contributed by atoms with Crippen LogP contribution in [0.25, 0.3) is 10.9 Å². The third-order valence-electron chi connectivity index (χ3n) is 2.85. The van der Waals surface area contributed by atoms with Gasteiger partial charge in [0.15, 0.2) is 0 Å². The number of aromatic amines is 1. The number of fused-ring (bicyclic) bond motifs is 1. The van der Waals surface area contributed by atoms with E-state index in [1.807, 2.05) is 6.92 Å². The molecule has 0 spiro atoms. The summed E-state index contributed by atoms with van der Waals surface area (Å²) in [5.74, 6) is -0.690. The summed E-state index contributed by atoms with van der Waals surface area (Å²) in [7, 11) is 0. The quantitative estimate of drug-likeness (QED) is 0.833. The van der Waals surface area contributed by atoms with E-state index in [9.17, 15) is 14.4 Å². The van der Waals surface area contributed by atoms with E-state index in [2.05, 4.69) is 4.98 Å². The fourth-order valence-electron chi connectivity index (χ4n) is 1.87. The zero-order valence-corrected chi connectivity index (χ0v) is 10.7. The van der Waals surface area contributed by atoms with E-state index in [4.69, 9.17) is 4.74 Å². The first-order valence-corrected chi connectivity index (χ1v) is 6.02. The summed E-state index contributed by atoms with van der Waals surface area (Å²) in [5.41, 5.74) is -0.676. The number of pyridine rings is 2. The Bertz CT molecular complexity index is 742. The number of H-pyrrole nitrogens is 1. The lowest BCUT2D eigenvalue weighted by atomic mass is 10.2. The summed E-state index contributed by atoms with van der Waals surface area (Å²) < 4.78 is 6.27. The molecule has 0 saturated carbocycles. The van der Waals surface area contributed by atoms with Gasteiger partial charge in [0.2, 0.25) is 5.43 Å². The third kappa shape index (κ3) is 2.16. The second-order valence-electron chi connectivity index (χ2n) is 3.95. The Morgan fingerprint density at radius 1 is 1.37 bits per heavy atom. The molecule has 2 aromatic rings. The van der Waals surface area contributed by atoms with Gasteiger partial charge in [0.25, 0.3) is 5.56 Å². The van der Waals surface area contributed by atoms with E-state index < -0.39 is 11.4 Å². The average molecular weight is 262 g/mol. The minimum Gasteiger partial charge on any atom is -0.462 e. The van der Waals surface area contributed by atoms with Crippen molar-refractivity contribution in [1.29, 1.82) is 0 Å². The number of aryl methyl sites for hydroxylation is 1. The minimum atomic E-state index is -0.690. The van der Waals surface area contributed by atoms with Crippen LogP contribution >= 0.6 is 0 Å². The highest BCUT2D eigenvalue weighted by Crippen LogP contribution is 2.04. The predicted molar refractivity (Wildman–Crippen MR) is 70.5 cm³/mol. The number of nitrogens with one attached hydrogen (secondary N) is 1. The van der Waals surface area contributed by atoms with E-state index in [1.54, 1.807) is 6.92 Å². The molecule has 0 radical (unpaired) electrons. The molecule has 2 rings (SSSR count). The molecule has 0 aliphatic carbocycles. The SMILES string of the molecule is CCOC(=O)c1c[nH]c2c(=O)n(CC)ccc2c1=O. The first-order chi connectivity index (χ1) is 9.10. The standard InChI is InChI=1S/C13H14N2O4/c1-3-15-6-5-8-10(12(15)17)14-7-9(11(8)16)13(18)19-4-2/h5-7H,3-4H2,1-2H3,(H,14,16). The van der Waals surface area contributed by atoms with Crippen molar-refractivity contribution in [2.45, 2.75) is 20.4 Å². The highest BCUT2D eigenvalue weighted by atomic mass is 16.5. The summed E-state index contributed by atoms with van der Waals surface area (Å²) in [6.07, 6.45) is 2.76. The van der Waals surface area contributed by atoms with Crippen LogP contribution in [0.3, 0.4) is 0 Å². The van der Waals surface area contributed by atoms with Gasteiger partial charge in [0, 0.05) is 18.9 Å². The van der Waals surface area contributed by atoms with E-state index in [-0.39, 0.29) is 28.6 Å². The first kappa shape index (κ1) is 13.1. The van der Waals surface area contributed by atoms with Crippen molar-refractivity contribution < 1.29 is 9.53 Å². The van der Waals surface area contributed by atoms with E-state index in [0.29, 0.717) is 6.54 Å². The van der Waals surface area contributed by atoms with Gasteiger partial charge in [-0.2, -0.15) is 0 Å². The Kier molecular flexibility index (Phi) is 3.50. The number of hydrogen-bond donors (Lipinski definition) is 1. The molecule has 1 N–H and O–H groups in total. The Labute approximate surface area is 108 Å². The zero-order chi connectivity index (χ0) is 14.0. The number of carbonyl (C=O) groups excluding carboxylic acids is 1. The summed E-state index contributed by atoms with van der Waals surface area (Å²) >= 11 is 0. The molecule has 0 saturated heterocycles. The van der Waals surface area contributed by atoms with Gasteiger partial charge in [-0.15, -0.1) is 0 Å². The van der Waals surface area contributed by atoms with E-state index in [1.165, 1.54) is 23.0 Å². The Hall–Kier alpha value is -2.37. The van der Waals surface area contributed by atoms with Crippen molar-refractivity contribution >= 4 is 16.9 Å². The normalized spacial score (nSPS) is 10.6. The number of esters is 1. The fraction of sp³-hybridized carbons (Fsp3) is 0.308. The fourth-order valence-corrected chi connectivity index (χ4v) is 1.87. The molecule has 0 aromatic carbocycles. The monoisotopic (exact) mass is 262 g/mol. The maximum atomic E-state index is 12.1. The van der Waals surface area contributed by atoms with Gasteiger partial charge >= 0.3 is 5.97 Å². The zero-order valence-electron chi connectivity index (χ0n) is 10.7. The molecular weight excluding hydrogens is 248 g/mol. The van der Waals surface area contributed by atoms with Crippen molar-refractivity contribution in [3.63, 3.8) is 0 Å². The van der Waals surface area contributed by atoms with Crippen molar-refractivity contribution in [2.75, 3.05) is 6.61 Å². The molecule has 0 unspecified atom stereocenters. The molecule has 0 atom stereocenters. The second-order valence-corrected chi connectivity index (χ2v) is 3.95. The number of nitrogens with zero attached hydrogens (tertiary/aromatic N) is 1. The molecule has 0 aliphatic rings. The largest absolute Gasteiger partial charge is 0.462 e. The number of ether oxygens (including phenoxy) is 1. The van der Waals surface area contributed by atoms with Gasteiger partial charge in [-0.3, -0.25) is 9.59 Å². The molecule has 100 valence electrons. The van der Waals surface area contributed by atoms with Crippen molar-refractivity contribution in [3.8, 4) is 0 Å². The van der Waals surface area contributed by atoms with Crippen LogP contribution < -0.4 is 11.0 Å². The lowest BCUT2D eigenvalue weighted by molar-refractivity contribution is 0.0524. The van der Waals surface area contributed by atoms with Gasteiger partial charge in [-0.05, 0) is 19.9 Å². The van der Waals surface area contributed by atoms with Crippen LogP contribution in [-0.2, 0) is 11.3 Å². The van der Waals surface area contributed by atoms with Crippen LogP contribution in [-0.4, -0.2) is 22.1 Å². The second kappa shape index (κ2) is 5.09. The summed E-state index contributed by atoms with van der Waals surface area (Å²) in [4.78, 5) is 38.4. The Morgan fingerprint density at radius 3 is 2.74 bits per heavy atom. The molecule has 0 aliphatic heterocycles. The molecule has 6 nitrogen and oxygen atoms in total. The molecule has 0 bridgehead atoms. The van der Waals surface area contributed by atoms with Crippen LogP contribution in [0, 0.1) is 0 Å². The molecule has 0 amide bonds. The van der Waals surface area contributed by atoms with E-state index >= 15 is 0 Å². The molecule has 2 heterocycles. The molecule has 2 aromatic heterocycles. The van der Waals surface area contributed by atoms with Crippen LogP contribution in [0.2, 0.25) is 0 Å². The lowest BCUT2D eigenvalue weighted by Crippen LogP contribution is -2.24. The molecule has 6 heteroatoms. The van der Waals surface area contributed by atoms with Crippen LogP contribution in [0.4, 0.5) is 0 Å². The molecule has 19 heavy (non-hydrogen) atoms. The van der Waals surface area contributed by atoms with Gasteiger partial charge in [-0.25, -0.2) is 4.79 Å². The van der Waals surface area contributed by atoms with Gasteiger partial charge in [-0.1, -0.05) is 0 Å². The molecule has 0 fully saturated rings. The lowest BCUT2D eigenvalue weighted by Gasteiger charge is -2.05. The van der Waals surface area contributed by atoms with Gasteiger partial charge < -0.3 is 14.3 Å². The van der Waals surface area contributed by atoms with Crippen LogP contribution in [0.5, 0.6) is 0 Å².